The zero-order chi connectivity index (χ0) is 15.9. The van der Waals surface area contributed by atoms with Gasteiger partial charge in [0.25, 0.3) is 6.02 Å². The van der Waals surface area contributed by atoms with Gasteiger partial charge in [-0.15, -0.1) is 0 Å². The minimum atomic E-state index is -0.222. The second-order valence-corrected chi connectivity index (χ2v) is 6.13. The van der Waals surface area contributed by atoms with Crippen LogP contribution < -0.4 is 5.73 Å². The predicted octanol–water partition coefficient (Wildman–Crippen LogP) is 2.36. The zero-order valence-corrected chi connectivity index (χ0v) is 12.8. The van der Waals surface area contributed by atoms with E-state index in [0.717, 1.165) is 30.4 Å². The Morgan fingerprint density at radius 1 is 1.22 bits per heavy atom. The normalized spacial score (nSPS) is 22.3. The molecule has 5 nitrogen and oxygen atoms in total. The number of hydrogen-bond acceptors (Lipinski definition) is 5. The van der Waals surface area contributed by atoms with Crippen LogP contribution in [-0.2, 0) is 17.6 Å². The van der Waals surface area contributed by atoms with Crippen LogP contribution in [0.1, 0.15) is 23.1 Å². The van der Waals surface area contributed by atoms with E-state index in [-0.39, 0.29) is 5.54 Å². The molecule has 2 N–H and O–H groups in total. The van der Waals surface area contributed by atoms with Gasteiger partial charge in [-0.1, -0.05) is 24.8 Å². The second kappa shape index (κ2) is 5.19. The lowest BCUT2D eigenvalue weighted by Gasteiger charge is -2.32. The van der Waals surface area contributed by atoms with Crippen LogP contribution in [0.4, 0.5) is 0 Å². The van der Waals surface area contributed by atoms with Crippen LogP contribution in [0.15, 0.2) is 42.4 Å². The maximum absolute atomic E-state index is 5.74. The highest BCUT2D eigenvalue weighted by Gasteiger charge is 2.40. The summed E-state index contributed by atoms with van der Waals surface area (Å²) in [5.74, 6) is 0. The van der Waals surface area contributed by atoms with E-state index in [0.29, 0.717) is 12.6 Å². The highest BCUT2D eigenvalue weighted by Crippen LogP contribution is 2.40. The minimum Gasteiger partial charge on any atom is -0.463 e. The molecule has 116 valence electrons. The van der Waals surface area contributed by atoms with Crippen molar-refractivity contribution in [3.63, 3.8) is 0 Å². The van der Waals surface area contributed by atoms with E-state index in [1.807, 2.05) is 18.5 Å². The molecule has 23 heavy (non-hydrogen) atoms. The van der Waals surface area contributed by atoms with Gasteiger partial charge in [0.05, 0.1) is 0 Å². The number of aliphatic imine (C=N–C) groups is 1. The third kappa shape index (κ3) is 2.29. The van der Waals surface area contributed by atoms with Gasteiger partial charge in [0.15, 0.2) is 0 Å². The molecular formula is C18H18N4O. The number of amidine groups is 1. The molecule has 1 aromatic carbocycles. The summed E-state index contributed by atoms with van der Waals surface area (Å²) in [5, 5.41) is 0. The Kier molecular flexibility index (Phi) is 3.15. The lowest BCUT2D eigenvalue weighted by atomic mass is 9.75. The largest absolute Gasteiger partial charge is 0.463 e. The quantitative estimate of drug-likeness (QED) is 0.924. The van der Waals surface area contributed by atoms with Gasteiger partial charge in [-0.25, -0.2) is 15.0 Å². The number of hydrogen-bond donors (Lipinski definition) is 1. The molecule has 1 unspecified atom stereocenters. The fourth-order valence-electron chi connectivity index (χ4n) is 3.61. The highest BCUT2D eigenvalue weighted by molar-refractivity contribution is 5.75. The number of ether oxygens (including phenoxy) is 1. The Balaban J connectivity index is 1.84. The van der Waals surface area contributed by atoms with Crippen molar-refractivity contribution >= 4 is 12.1 Å². The first kappa shape index (κ1) is 13.9. The Morgan fingerprint density at radius 2 is 2.04 bits per heavy atom. The highest BCUT2D eigenvalue weighted by atomic mass is 16.5. The molecule has 0 fully saturated rings. The first-order valence-electron chi connectivity index (χ1n) is 7.71. The van der Waals surface area contributed by atoms with Crippen molar-refractivity contribution in [2.75, 3.05) is 6.61 Å². The van der Waals surface area contributed by atoms with Crippen LogP contribution >= 0.6 is 0 Å². The molecule has 2 heterocycles. The Hall–Kier alpha value is -2.69. The molecule has 5 heteroatoms. The number of fused-ring (bicyclic) bond motifs is 1. The number of nitrogens with zero attached hydrogens (tertiary/aromatic N) is 3. The summed E-state index contributed by atoms with van der Waals surface area (Å²) in [7, 11) is 0. The van der Waals surface area contributed by atoms with E-state index in [1.165, 1.54) is 16.7 Å². The number of rotatable bonds is 2. The van der Waals surface area contributed by atoms with Crippen molar-refractivity contribution in [2.24, 2.45) is 10.7 Å². The van der Waals surface area contributed by atoms with Gasteiger partial charge in [-0.3, -0.25) is 0 Å². The Morgan fingerprint density at radius 3 is 2.74 bits per heavy atom. The van der Waals surface area contributed by atoms with Crippen molar-refractivity contribution in [3.05, 3.63) is 54.1 Å². The van der Waals surface area contributed by atoms with Crippen molar-refractivity contribution in [1.82, 2.24) is 9.97 Å². The van der Waals surface area contributed by atoms with Crippen LogP contribution in [0.25, 0.3) is 17.2 Å². The summed E-state index contributed by atoms with van der Waals surface area (Å²) in [4.78, 5) is 12.9. The molecule has 2 aromatic rings. The molecular weight excluding hydrogens is 288 g/mol. The third-order valence-corrected chi connectivity index (χ3v) is 4.74. The van der Waals surface area contributed by atoms with Crippen molar-refractivity contribution in [3.8, 4) is 11.1 Å². The van der Waals surface area contributed by atoms with Gasteiger partial charge in [-0.05, 0) is 35.1 Å². The molecule has 1 aromatic heterocycles. The summed E-state index contributed by atoms with van der Waals surface area (Å²) in [5.41, 5.74) is 11.5. The van der Waals surface area contributed by atoms with Gasteiger partial charge < -0.3 is 10.5 Å². The van der Waals surface area contributed by atoms with E-state index in [2.05, 4.69) is 33.7 Å². The monoisotopic (exact) mass is 306 g/mol. The molecule has 0 radical (unpaired) electrons. The lowest BCUT2D eigenvalue weighted by Crippen LogP contribution is -2.36. The molecule has 4 rings (SSSR count). The average Bonchev–Trinajstić information content (AvgIpc) is 2.94. The Labute approximate surface area is 134 Å². The summed E-state index contributed by atoms with van der Waals surface area (Å²) in [6, 6.07) is 4.55. The van der Waals surface area contributed by atoms with Crippen molar-refractivity contribution in [2.45, 2.75) is 24.8 Å². The van der Waals surface area contributed by atoms with Crippen molar-refractivity contribution < 1.29 is 4.74 Å². The fraction of sp³-hybridized carbons (Fsp3) is 0.278. The molecule has 1 aliphatic heterocycles. The lowest BCUT2D eigenvalue weighted by molar-refractivity contribution is 0.235. The minimum absolute atomic E-state index is 0.222. The summed E-state index contributed by atoms with van der Waals surface area (Å²) >= 11 is 0. The van der Waals surface area contributed by atoms with E-state index < -0.39 is 0 Å². The smallest absolute Gasteiger partial charge is 0.282 e. The number of nitrogens with two attached hydrogens (primary N) is 1. The summed E-state index contributed by atoms with van der Waals surface area (Å²) < 4.78 is 5.43. The third-order valence-electron chi connectivity index (χ3n) is 4.74. The molecule has 2 aliphatic rings. The van der Waals surface area contributed by atoms with Gasteiger partial charge in [-0.2, -0.15) is 0 Å². The Bertz CT molecular complexity index is 800. The van der Waals surface area contributed by atoms with Crippen LogP contribution in [0.3, 0.4) is 0 Å². The van der Waals surface area contributed by atoms with Crippen LogP contribution in [-0.4, -0.2) is 28.1 Å². The van der Waals surface area contributed by atoms with Crippen LogP contribution in [0, 0.1) is 0 Å². The van der Waals surface area contributed by atoms with Crippen LogP contribution in [0.2, 0.25) is 0 Å². The maximum Gasteiger partial charge on any atom is 0.282 e. The zero-order valence-electron chi connectivity index (χ0n) is 12.8. The molecule has 1 spiro atoms. The SMILES string of the molecule is C=Cc1ccc(-c2cncnc2)c2c1CC1(CC2)COC(N)=N1. The predicted molar refractivity (Wildman–Crippen MR) is 89.9 cm³/mol. The second-order valence-electron chi connectivity index (χ2n) is 6.13. The topological polar surface area (TPSA) is 73.4 Å². The van der Waals surface area contributed by atoms with E-state index in [1.54, 1.807) is 6.33 Å². The summed E-state index contributed by atoms with van der Waals surface area (Å²) in [6.07, 6.45) is 9.86. The van der Waals surface area contributed by atoms with Crippen LogP contribution in [0.5, 0.6) is 0 Å². The first-order chi connectivity index (χ1) is 11.2. The maximum atomic E-state index is 5.74. The standard InChI is InChI=1S/C18H18N4O/c1-2-12-3-4-14(13-8-20-11-21-9-13)15-5-6-18(7-16(12)15)10-23-17(19)22-18/h2-4,8-9,11H,1,5-7,10H2,(H2,19,22). The first-order valence-corrected chi connectivity index (χ1v) is 7.71. The molecule has 0 bridgehead atoms. The molecule has 1 atom stereocenters. The van der Waals surface area contributed by atoms with E-state index >= 15 is 0 Å². The van der Waals surface area contributed by atoms with Gasteiger partial charge >= 0.3 is 0 Å². The molecule has 0 saturated carbocycles. The average molecular weight is 306 g/mol. The number of benzene rings is 1. The fourth-order valence-corrected chi connectivity index (χ4v) is 3.61. The molecule has 0 saturated heterocycles. The van der Waals surface area contributed by atoms with Gasteiger partial charge in [0.1, 0.15) is 18.5 Å². The van der Waals surface area contributed by atoms with Gasteiger partial charge in [0.2, 0.25) is 0 Å². The van der Waals surface area contributed by atoms with E-state index in [9.17, 15) is 0 Å². The molecule has 0 amide bonds. The number of aromatic nitrogens is 2. The summed E-state index contributed by atoms with van der Waals surface area (Å²) in [6.45, 7) is 4.52. The van der Waals surface area contributed by atoms with Gasteiger partial charge in [0, 0.05) is 24.4 Å². The van der Waals surface area contributed by atoms with E-state index in [4.69, 9.17) is 10.5 Å². The molecule has 1 aliphatic carbocycles. The van der Waals surface area contributed by atoms with Crippen molar-refractivity contribution in [1.29, 1.82) is 0 Å².